The Morgan fingerprint density at radius 1 is 1.23 bits per heavy atom. The molecule has 0 saturated heterocycles. The molecule has 1 atom stereocenters. The van der Waals surface area contributed by atoms with Gasteiger partial charge in [-0.3, -0.25) is 0 Å². The monoisotopic (exact) mass is 358 g/mol. The highest BCUT2D eigenvalue weighted by Gasteiger charge is 2.13. The fraction of sp³-hybridized carbons (Fsp3) is 0.476. The first kappa shape index (κ1) is 20.2. The minimum atomic E-state index is -0.575. The summed E-state index contributed by atoms with van der Waals surface area (Å²) in [7, 11) is 0. The first-order chi connectivity index (χ1) is 12.2. The molecule has 0 bridgehead atoms. The molecule has 0 fully saturated rings. The summed E-state index contributed by atoms with van der Waals surface area (Å²) in [6.07, 6.45) is 3.23. The molecule has 2 N–H and O–H groups in total. The van der Waals surface area contributed by atoms with Crippen molar-refractivity contribution < 1.29 is 14.4 Å². The predicted octanol–water partition coefficient (Wildman–Crippen LogP) is 4.10. The van der Waals surface area contributed by atoms with Gasteiger partial charge in [-0.25, -0.2) is 0 Å². The Labute approximate surface area is 156 Å². The van der Waals surface area contributed by atoms with E-state index in [2.05, 4.69) is 45.1 Å². The summed E-state index contributed by atoms with van der Waals surface area (Å²) in [4.78, 5) is 0. The van der Waals surface area contributed by atoms with Crippen molar-refractivity contribution in [2.45, 2.75) is 52.2 Å². The molecule has 1 heterocycles. The highest BCUT2D eigenvalue weighted by Crippen LogP contribution is 2.22. The average molecular weight is 358 g/mol. The second-order valence-corrected chi connectivity index (χ2v) is 7.78. The molecule has 2 rings (SSSR count). The maximum absolute atomic E-state index is 10.1. The Balaban J connectivity index is 1.97. The van der Waals surface area contributed by atoms with Crippen LogP contribution in [0.15, 0.2) is 34.9 Å². The van der Waals surface area contributed by atoms with Crippen LogP contribution in [0.1, 0.15) is 57.6 Å². The number of aliphatic hydroxyl groups is 1. The smallest absolute Gasteiger partial charge is 0.159 e. The zero-order valence-electron chi connectivity index (χ0n) is 16.3. The molecular formula is C21H30N2O3. The lowest BCUT2D eigenvalue weighted by Crippen LogP contribution is -2.42. The lowest BCUT2D eigenvalue weighted by atomic mass is 10.1. The van der Waals surface area contributed by atoms with E-state index >= 15 is 0 Å². The van der Waals surface area contributed by atoms with Gasteiger partial charge >= 0.3 is 0 Å². The van der Waals surface area contributed by atoms with Crippen LogP contribution in [0, 0.1) is 0 Å². The van der Waals surface area contributed by atoms with Gasteiger partial charge < -0.3 is 19.7 Å². The number of nitrogens with one attached hydrogen (secondary N) is 1. The second-order valence-electron chi connectivity index (χ2n) is 7.78. The van der Waals surface area contributed by atoms with Crippen LogP contribution in [0.4, 0.5) is 0 Å². The molecule has 5 heteroatoms. The van der Waals surface area contributed by atoms with Crippen molar-refractivity contribution in [1.82, 2.24) is 10.5 Å². The number of benzene rings is 1. The molecule has 26 heavy (non-hydrogen) atoms. The minimum absolute atomic E-state index is 0.0342. The van der Waals surface area contributed by atoms with Crippen LogP contribution >= 0.6 is 0 Å². The van der Waals surface area contributed by atoms with Crippen LogP contribution in [0.3, 0.4) is 0 Å². The number of rotatable bonds is 8. The second kappa shape index (κ2) is 9.01. The Bertz CT molecular complexity index is 714. The number of aromatic nitrogens is 1. The molecule has 0 saturated carbocycles. The first-order valence-electron chi connectivity index (χ1n) is 9.04. The fourth-order valence-electron chi connectivity index (χ4n) is 2.24. The van der Waals surface area contributed by atoms with E-state index in [0.717, 1.165) is 17.0 Å². The van der Waals surface area contributed by atoms with Gasteiger partial charge in [-0.1, -0.05) is 37.2 Å². The number of nitrogens with zero attached hydrogens (tertiary/aromatic N) is 1. The van der Waals surface area contributed by atoms with Gasteiger partial charge in [-0.15, -0.1) is 0 Å². The third-order valence-electron chi connectivity index (χ3n) is 3.78. The first-order valence-corrected chi connectivity index (χ1v) is 9.04. The van der Waals surface area contributed by atoms with E-state index in [1.807, 2.05) is 42.5 Å². The van der Waals surface area contributed by atoms with Crippen LogP contribution in [-0.4, -0.2) is 35.1 Å². The summed E-state index contributed by atoms with van der Waals surface area (Å²) in [5, 5.41) is 17.4. The maximum Gasteiger partial charge on any atom is 0.159 e. The van der Waals surface area contributed by atoms with Gasteiger partial charge in [0.05, 0.1) is 5.69 Å². The van der Waals surface area contributed by atoms with Gasteiger partial charge in [0.15, 0.2) is 5.76 Å². The molecule has 0 spiro atoms. The van der Waals surface area contributed by atoms with Crippen molar-refractivity contribution >= 4 is 12.2 Å². The Hall–Kier alpha value is -2.11. The third kappa shape index (κ3) is 6.65. The van der Waals surface area contributed by atoms with E-state index in [4.69, 9.17) is 9.26 Å². The van der Waals surface area contributed by atoms with Crippen LogP contribution in [0.25, 0.3) is 12.2 Å². The summed E-state index contributed by atoms with van der Waals surface area (Å²) in [6.45, 7) is 11.1. The molecule has 1 unspecified atom stereocenters. The number of para-hydroxylation sites is 1. The van der Waals surface area contributed by atoms with Crippen molar-refractivity contribution in [3.63, 3.8) is 0 Å². The van der Waals surface area contributed by atoms with Crippen LogP contribution in [0.5, 0.6) is 5.75 Å². The largest absolute Gasteiger partial charge is 0.490 e. The Morgan fingerprint density at radius 3 is 2.62 bits per heavy atom. The zero-order chi connectivity index (χ0) is 19.2. The van der Waals surface area contributed by atoms with Gasteiger partial charge in [0, 0.05) is 23.7 Å². The molecule has 2 aromatic rings. The van der Waals surface area contributed by atoms with Crippen LogP contribution < -0.4 is 10.1 Å². The summed E-state index contributed by atoms with van der Waals surface area (Å²) >= 11 is 0. The highest BCUT2D eigenvalue weighted by atomic mass is 16.5. The topological polar surface area (TPSA) is 67.5 Å². The summed E-state index contributed by atoms with van der Waals surface area (Å²) < 4.78 is 11.1. The molecule has 0 amide bonds. The fourth-order valence-corrected chi connectivity index (χ4v) is 2.24. The highest BCUT2D eigenvalue weighted by molar-refractivity contribution is 5.70. The normalized spacial score (nSPS) is 13.5. The quantitative estimate of drug-likeness (QED) is 0.744. The van der Waals surface area contributed by atoms with E-state index in [9.17, 15) is 5.11 Å². The molecule has 0 radical (unpaired) electrons. The summed E-state index contributed by atoms with van der Waals surface area (Å²) in [5.41, 5.74) is 1.82. The lowest BCUT2D eigenvalue weighted by molar-refractivity contribution is 0.0999. The predicted molar refractivity (Wildman–Crippen MR) is 105 cm³/mol. The number of hydrogen-bond acceptors (Lipinski definition) is 5. The van der Waals surface area contributed by atoms with E-state index in [1.54, 1.807) is 0 Å². The minimum Gasteiger partial charge on any atom is -0.490 e. The number of ether oxygens (including phenoxy) is 1. The van der Waals surface area contributed by atoms with Crippen LogP contribution in [-0.2, 0) is 0 Å². The maximum atomic E-state index is 10.1. The van der Waals surface area contributed by atoms with Gasteiger partial charge in [-0.05, 0) is 44.9 Å². The lowest BCUT2D eigenvalue weighted by Gasteiger charge is -2.23. The van der Waals surface area contributed by atoms with Gasteiger partial charge in [0.1, 0.15) is 18.5 Å². The Kier molecular flexibility index (Phi) is 7.00. The zero-order valence-corrected chi connectivity index (χ0v) is 16.3. The van der Waals surface area contributed by atoms with E-state index in [0.29, 0.717) is 18.2 Å². The van der Waals surface area contributed by atoms with Crippen molar-refractivity contribution in [3.05, 3.63) is 47.3 Å². The SMILES string of the molecule is CC(C)c1cc(C=Cc2ccccc2OCC(O)CNC(C)(C)C)on1. The van der Waals surface area contributed by atoms with Crippen molar-refractivity contribution in [2.75, 3.05) is 13.2 Å². The average Bonchev–Trinajstić information content (AvgIpc) is 3.05. The van der Waals surface area contributed by atoms with E-state index < -0.39 is 6.10 Å². The Morgan fingerprint density at radius 2 is 1.96 bits per heavy atom. The molecule has 1 aromatic heterocycles. The van der Waals surface area contributed by atoms with Gasteiger partial charge in [0.25, 0.3) is 0 Å². The van der Waals surface area contributed by atoms with Crippen molar-refractivity contribution in [1.29, 1.82) is 0 Å². The molecule has 5 nitrogen and oxygen atoms in total. The van der Waals surface area contributed by atoms with Crippen molar-refractivity contribution in [3.8, 4) is 5.75 Å². The third-order valence-corrected chi connectivity index (χ3v) is 3.78. The molecule has 1 aromatic carbocycles. The standard InChI is InChI=1S/C21H30N2O3/c1-15(2)19-12-18(26-23-19)11-10-16-8-6-7-9-20(16)25-14-17(24)13-22-21(3,4)5/h6-12,15,17,22,24H,13-14H2,1-5H3. The summed E-state index contributed by atoms with van der Waals surface area (Å²) in [5.74, 6) is 1.76. The van der Waals surface area contributed by atoms with Gasteiger partial charge in [-0.2, -0.15) is 0 Å². The molecule has 0 aliphatic heterocycles. The van der Waals surface area contributed by atoms with Gasteiger partial charge in [0.2, 0.25) is 0 Å². The molecular weight excluding hydrogens is 328 g/mol. The number of aliphatic hydroxyl groups excluding tert-OH is 1. The number of hydrogen-bond donors (Lipinski definition) is 2. The number of β-amino-alcohol motifs (C(OH)–C–C–N with tert-alkyl or cyclic N) is 1. The molecule has 0 aliphatic rings. The van der Waals surface area contributed by atoms with Crippen molar-refractivity contribution in [2.24, 2.45) is 0 Å². The summed E-state index contributed by atoms with van der Waals surface area (Å²) in [6, 6.07) is 9.66. The molecule has 0 aliphatic carbocycles. The molecule has 142 valence electrons. The van der Waals surface area contributed by atoms with E-state index in [1.165, 1.54) is 0 Å². The van der Waals surface area contributed by atoms with E-state index in [-0.39, 0.29) is 12.1 Å². The van der Waals surface area contributed by atoms with Crippen LogP contribution in [0.2, 0.25) is 0 Å².